The molecule has 1 amide bonds. The summed E-state index contributed by atoms with van der Waals surface area (Å²) >= 11 is 0. The highest BCUT2D eigenvalue weighted by molar-refractivity contribution is 5.98. The van der Waals surface area contributed by atoms with E-state index in [0.717, 1.165) is 44.6 Å². The van der Waals surface area contributed by atoms with Gasteiger partial charge in [-0.1, -0.05) is 42.5 Å². The summed E-state index contributed by atoms with van der Waals surface area (Å²) in [6.45, 7) is 3.71. The summed E-state index contributed by atoms with van der Waals surface area (Å²) < 4.78 is 6.85. The van der Waals surface area contributed by atoms with Crippen molar-refractivity contribution in [2.75, 3.05) is 33.3 Å². The van der Waals surface area contributed by atoms with Gasteiger partial charge >= 0.3 is 5.97 Å². The molecule has 0 spiro atoms. The molecule has 8 heteroatoms. The molecule has 194 valence electrons. The molecule has 0 aliphatic carbocycles. The van der Waals surface area contributed by atoms with Crippen LogP contribution in [0.2, 0.25) is 0 Å². The number of nitrogens with one attached hydrogen (secondary N) is 1. The van der Waals surface area contributed by atoms with E-state index in [0.29, 0.717) is 24.6 Å². The minimum Gasteiger partial charge on any atom is -0.468 e. The van der Waals surface area contributed by atoms with Gasteiger partial charge in [0.25, 0.3) is 5.91 Å². The number of carbonyl (C=O) groups excluding carboxylic acids is 2. The Hall–Kier alpha value is -3.49. The molecule has 8 nitrogen and oxygen atoms in total. The molecular formula is C29H35N5O3. The Morgan fingerprint density at radius 2 is 1.78 bits per heavy atom. The van der Waals surface area contributed by atoms with E-state index in [9.17, 15) is 9.59 Å². The van der Waals surface area contributed by atoms with Crippen LogP contribution in [0.3, 0.4) is 0 Å². The Morgan fingerprint density at radius 1 is 1.03 bits per heavy atom. The van der Waals surface area contributed by atoms with Crippen LogP contribution in [-0.4, -0.2) is 82.9 Å². The number of carbonyl (C=O) groups is 2. The Morgan fingerprint density at radius 3 is 2.51 bits per heavy atom. The summed E-state index contributed by atoms with van der Waals surface area (Å²) in [5.41, 5.74) is 2.65. The summed E-state index contributed by atoms with van der Waals surface area (Å²) in [7, 11) is 1.44. The van der Waals surface area contributed by atoms with Crippen LogP contribution in [0, 0.1) is 0 Å². The SMILES string of the molecule is COC(=O)[C@@H]1C[C@H](NC(=O)c2ccccc2-n2cccn2)CN1C1CCN(CCc2ccccc2)CC1. The molecule has 3 heterocycles. The third kappa shape index (κ3) is 5.92. The molecule has 0 radical (unpaired) electrons. The number of benzene rings is 2. The fourth-order valence-corrected chi connectivity index (χ4v) is 5.68. The van der Waals surface area contributed by atoms with Crippen molar-refractivity contribution in [1.82, 2.24) is 24.9 Å². The second-order valence-corrected chi connectivity index (χ2v) is 9.92. The highest BCUT2D eigenvalue weighted by Gasteiger charge is 2.42. The maximum Gasteiger partial charge on any atom is 0.323 e. The number of nitrogens with zero attached hydrogens (tertiary/aromatic N) is 4. The first-order valence-corrected chi connectivity index (χ1v) is 13.1. The van der Waals surface area contributed by atoms with Crippen LogP contribution in [0.4, 0.5) is 0 Å². The van der Waals surface area contributed by atoms with Gasteiger partial charge in [-0.3, -0.25) is 14.5 Å². The average molecular weight is 502 g/mol. The lowest BCUT2D eigenvalue weighted by molar-refractivity contribution is -0.147. The molecule has 2 aliphatic heterocycles. The molecular weight excluding hydrogens is 466 g/mol. The van der Waals surface area contributed by atoms with Gasteiger partial charge in [0, 0.05) is 37.6 Å². The summed E-state index contributed by atoms with van der Waals surface area (Å²) in [5, 5.41) is 7.46. The lowest BCUT2D eigenvalue weighted by Crippen LogP contribution is -2.49. The first-order valence-electron chi connectivity index (χ1n) is 13.1. The van der Waals surface area contributed by atoms with Crippen molar-refractivity contribution in [3.63, 3.8) is 0 Å². The van der Waals surface area contributed by atoms with Crippen molar-refractivity contribution < 1.29 is 14.3 Å². The average Bonchev–Trinajstić information content (AvgIpc) is 3.63. The van der Waals surface area contributed by atoms with Crippen molar-refractivity contribution in [2.24, 2.45) is 0 Å². The van der Waals surface area contributed by atoms with Gasteiger partial charge in [0.05, 0.1) is 18.4 Å². The smallest absolute Gasteiger partial charge is 0.323 e. The van der Waals surface area contributed by atoms with Crippen LogP contribution in [0.5, 0.6) is 0 Å². The summed E-state index contributed by atoms with van der Waals surface area (Å²) in [6, 6.07) is 19.7. The Balaban J connectivity index is 1.20. The first kappa shape index (κ1) is 25.2. The van der Waals surface area contributed by atoms with Gasteiger partial charge in [0.2, 0.25) is 0 Å². The monoisotopic (exact) mass is 501 g/mol. The molecule has 1 N–H and O–H groups in total. The van der Waals surface area contributed by atoms with E-state index in [4.69, 9.17) is 4.74 Å². The second kappa shape index (κ2) is 11.7. The molecule has 0 saturated carbocycles. The number of likely N-dealkylation sites (tertiary alicyclic amines) is 2. The third-order valence-electron chi connectivity index (χ3n) is 7.63. The van der Waals surface area contributed by atoms with Crippen LogP contribution in [0.1, 0.15) is 35.2 Å². The minimum atomic E-state index is -0.336. The van der Waals surface area contributed by atoms with Gasteiger partial charge in [-0.15, -0.1) is 0 Å². The quantitative estimate of drug-likeness (QED) is 0.478. The number of esters is 1. The number of hydrogen-bond acceptors (Lipinski definition) is 6. The van der Waals surface area contributed by atoms with Crippen molar-refractivity contribution in [1.29, 1.82) is 0 Å². The number of rotatable bonds is 8. The molecule has 3 aromatic rings. The van der Waals surface area contributed by atoms with Gasteiger partial charge in [-0.05, 0) is 62.5 Å². The topological polar surface area (TPSA) is 79.7 Å². The second-order valence-electron chi connectivity index (χ2n) is 9.92. The molecule has 2 fully saturated rings. The first-order chi connectivity index (χ1) is 18.1. The molecule has 0 bridgehead atoms. The van der Waals surface area contributed by atoms with Crippen LogP contribution in [-0.2, 0) is 16.0 Å². The van der Waals surface area contributed by atoms with Gasteiger partial charge in [0.1, 0.15) is 6.04 Å². The molecule has 0 unspecified atom stereocenters. The molecule has 2 aromatic carbocycles. The zero-order chi connectivity index (χ0) is 25.6. The van der Waals surface area contributed by atoms with E-state index in [1.165, 1.54) is 12.7 Å². The predicted molar refractivity (Wildman–Crippen MR) is 142 cm³/mol. The molecule has 1 aromatic heterocycles. The molecule has 37 heavy (non-hydrogen) atoms. The number of hydrogen-bond donors (Lipinski definition) is 1. The van der Waals surface area contributed by atoms with Crippen molar-refractivity contribution in [3.05, 3.63) is 84.2 Å². The normalized spacial score (nSPS) is 21.1. The molecule has 5 rings (SSSR count). The summed E-state index contributed by atoms with van der Waals surface area (Å²) in [6.07, 6.45) is 7.13. The number of amides is 1. The number of methoxy groups -OCH3 is 1. The highest BCUT2D eigenvalue weighted by Crippen LogP contribution is 2.28. The zero-order valence-electron chi connectivity index (χ0n) is 21.3. The largest absolute Gasteiger partial charge is 0.468 e. The van der Waals surface area contributed by atoms with Crippen molar-refractivity contribution in [3.8, 4) is 5.69 Å². The van der Waals surface area contributed by atoms with Gasteiger partial charge in [-0.25, -0.2) is 4.68 Å². The Bertz CT molecular complexity index is 1180. The Kier molecular flexibility index (Phi) is 7.96. The lowest BCUT2D eigenvalue weighted by Gasteiger charge is -2.38. The maximum atomic E-state index is 13.3. The lowest BCUT2D eigenvalue weighted by atomic mass is 10.0. The van der Waals surface area contributed by atoms with Crippen molar-refractivity contribution in [2.45, 2.75) is 43.8 Å². The fraction of sp³-hybridized carbons (Fsp3) is 0.414. The predicted octanol–water partition coefficient (Wildman–Crippen LogP) is 2.93. The summed E-state index contributed by atoms with van der Waals surface area (Å²) in [5.74, 6) is -0.377. The van der Waals surface area contributed by atoms with Crippen LogP contribution in [0.25, 0.3) is 5.69 Å². The zero-order valence-corrected chi connectivity index (χ0v) is 21.3. The Labute approximate surface area is 218 Å². The van der Waals surface area contributed by atoms with Crippen molar-refractivity contribution >= 4 is 11.9 Å². The van der Waals surface area contributed by atoms with E-state index >= 15 is 0 Å². The van der Waals surface area contributed by atoms with Gasteiger partial charge in [-0.2, -0.15) is 5.10 Å². The van der Waals surface area contributed by atoms with E-state index in [1.807, 2.05) is 36.5 Å². The standard InChI is InChI=1S/C29H35N5O3/c1-37-29(36)27-20-23(31-28(35)25-10-5-6-11-26(25)34-16-7-15-30-34)21-33(27)24-13-18-32(19-14-24)17-12-22-8-3-2-4-9-22/h2-11,15-16,23-24,27H,12-14,17-21H2,1H3,(H,31,35)/t23-,27-/m0/s1. The molecule has 2 atom stereocenters. The van der Waals surface area contributed by atoms with Crippen LogP contribution < -0.4 is 5.32 Å². The van der Waals surface area contributed by atoms with Gasteiger partial charge < -0.3 is 15.0 Å². The minimum absolute atomic E-state index is 0.126. The highest BCUT2D eigenvalue weighted by atomic mass is 16.5. The van der Waals surface area contributed by atoms with Gasteiger partial charge in [0.15, 0.2) is 0 Å². The van der Waals surface area contributed by atoms with E-state index in [1.54, 1.807) is 10.9 Å². The van der Waals surface area contributed by atoms with E-state index < -0.39 is 0 Å². The summed E-state index contributed by atoms with van der Waals surface area (Å²) in [4.78, 5) is 30.8. The number of ether oxygens (including phenoxy) is 1. The number of aromatic nitrogens is 2. The van der Waals surface area contributed by atoms with E-state index in [-0.39, 0.29) is 24.0 Å². The number of para-hydroxylation sites is 1. The van der Waals surface area contributed by atoms with E-state index in [2.05, 4.69) is 50.5 Å². The molecule has 2 saturated heterocycles. The molecule has 2 aliphatic rings. The number of piperidine rings is 1. The third-order valence-corrected chi connectivity index (χ3v) is 7.63. The van der Waals surface area contributed by atoms with Crippen LogP contribution in [0.15, 0.2) is 73.1 Å². The fourth-order valence-electron chi connectivity index (χ4n) is 5.68. The maximum absolute atomic E-state index is 13.3. The van der Waals surface area contributed by atoms with Crippen LogP contribution >= 0.6 is 0 Å².